The fourth-order valence-electron chi connectivity index (χ4n) is 1.54. The number of rotatable bonds is 2. The first-order chi connectivity index (χ1) is 10.00. The third-order valence-electron chi connectivity index (χ3n) is 2.74. The lowest BCUT2D eigenvalue weighted by Crippen LogP contribution is -2.17. The number of nitrogens with zero attached hydrogens (tertiary/aromatic N) is 2. The van der Waals surface area contributed by atoms with Gasteiger partial charge in [-0.3, -0.25) is 0 Å². The molecule has 0 unspecified atom stereocenters. The highest BCUT2D eigenvalue weighted by Crippen LogP contribution is 2.19. The second-order valence-electron chi connectivity index (χ2n) is 5.91. The number of nitrogens with two attached hydrogens (primary N) is 1. The molecule has 24 heavy (non-hydrogen) atoms. The Morgan fingerprint density at radius 2 is 1.25 bits per heavy atom. The molecular weight excluding hydrogens is 370 g/mol. The lowest BCUT2D eigenvalue weighted by atomic mass is 10.1. The molecule has 0 aromatic carbocycles. The summed E-state index contributed by atoms with van der Waals surface area (Å²) in [6.45, 7) is 6.77. The topological polar surface area (TPSA) is 92.3 Å². The smallest absolute Gasteiger partial charge is 0.123 e. The molecule has 0 saturated carbocycles. The Balaban J connectivity index is 0. The van der Waals surface area contributed by atoms with Crippen LogP contribution in [-0.4, -0.2) is 20.2 Å². The first kappa shape index (κ1) is 24.7. The minimum atomic E-state index is -0.907. The van der Waals surface area contributed by atoms with Crippen LogP contribution in [0.2, 0.25) is 0 Å². The fourth-order valence-corrected chi connectivity index (χ4v) is 1.88. The van der Waals surface area contributed by atoms with Gasteiger partial charge in [0.2, 0.25) is 0 Å². The van der Waals surface area contributed by atoms with Crippen LogP contribution >= 0.6 is 15.9 Å². The average Bonchev–Trinajstić information content (AvgIpc) is 2.37. The van der Waals surface area contributed by atoms with Gasteiger partial charge < -0.3 is 15.9 Å². The summed E-state index contributed by atoms with van der Waals surface area (Å²) in [4.78, 5) is 8.08. The maximum Gasteiger partial charge on any atom is 0.123 e. The molecule has 2 aromatic rings. The van der Waals surface area contributed by atoms with Gasteiger partial charge in [-0.15, -0.1) is 0 Å². The maximum atomic E-state index is 9.53. The summed E-state index contributed by atoms with van der Waals surface area (Å²) in [7, 11) is 0. The lowest BCUT2D eigenvalue weighted by molar-refractivity contribution is 0.0733. The summed E-state index contributed by atoms with van der Waals surface area (Å²) in [6, 6.07) is 10.7. The van der Waals surface area contributed by atoms with E-state index in [1.54, 1.807) is 52.0 Å². The molecular formula is C18H30BrN3O2. The second-order valence-corrected chi connectivity index (χ2v) is 6.72. The molecule has 0 amide bonds. The van der Waals surface area contributed by atoms with Crippen molar-refractivity contribution in [3.8, 4) is 0 Å². The predicted molar refractivity (Wildman–Crippen MR) is 105 cm³/mol. The first-order valence-electron chi connectivity index (χ1n) is 6.81. The van der Waals surface area contributed by atoms with Crippen LogP contribution in [0.4, 0.5) is 5.82 Å². The van der Waals surface area contributed by atoms with E-state index in [-0.39, 0.29) is 14.9 Å². The molecule has 5 nitrogen and oxygen atoms in total. The molecule has 4 N–H and O–H groups in total. The third kappa shape index (κ3) is 8.38. The lowest BCUT2D eigenvalue weighted by Gasteiger charge is -2.16. The summed E-state index contributed by atoms with van der Waals surface area (Å²) in [5.41, 5.74) is 4.94. The van der Waals surface area contributed by atoms with Gasteiger partial charge in [-0.2, -0.15) is 0 Å². The minimum absolute atomic E-state index is 0. The van der Waals surface area contributed by atoms with E-state index in [0.717, 1.165) is 4.60 Å². The highest BCUT2D eigenvalue weighted by atomic mass is 79.9. The van der Waals surface area contributed by atoms with Crippen LogP contribution in [0.15, 0.2) is 41.0 Å². The Morgan fingerprint density at radius 1 is 0.833 bits per heavy atom. The van der Waals surface area contributed by atoms with Crippen molar-refractivity contribution in [3.05, 3.63) is 52.4 Å². The van der Waals surface area contributed by atoms with Crippen LogP contribution in [0.25, 0.3) is 0 Å². The van der Waals surface area contributed by atoms with E-state index in [0.29, 0.717) is 17.2 Å². The van der Waals surface area contributed by atoms with Crippen molar-refractivity contribution in [2.24, 2.45) is 0 Å². The molecule has 0 fully saturated rings. The van der Waals surface area contributed by atoms with Gasteiger partial charge in [0.1, 0.15) is 21.6 Å². The third-order valence-corrected chi connectivity index (χ3v) is 3.18. The van der Waals surface area contributed by atoms with Gasteiger partial charge in [0, 0.05) is 0 Å². The van der Waals surface area contributed by atoms with Crippen molar-refractivity contribution in [3.63, 3.8) is 0 Å². The molecule has 6 heteroatoms. The van der Waals surface area contributed by atoms with Crippen LogP contribution < -0.4 is 5.73 Å². The summed E-state index contributed by atoms with van der Waals surface area (Å²) in [5.74, 6) is 0.435. The summed E-state index contributed by atoms with van der Waals surface area (Å²) in [6.07, 6.45) is 0. The van der Waals surface area contributed by atoms with E-state index in [9.17, 15) is 10.2 Å². The highest BCUT2D eigenvalue weighted by Gasteiger charge is 2.17. The van der Waals surface area contributed by atoms with Crippen molar-refractivity contribution in [1.29, 1.82) is 0 Å². The maximum absolute atomic E-state index is 9.53. The quantitative estimate of drug-likeness (QED) is 0.656. The number of hydrogen-bond donors (Lipinski definition) is 3. The van der Waals surface area contributed by atoms with Crippen molar-refractivity contribution in [2.45, 2.75) is 53.8 Å². The summed E-state index contributed by atoms with van der Waals surface area (Å²) < 4.78 is 0.747. The van der Waals surface area contributed by atoms with Crippen molar-refractivity contribution in [1.82, 2.24) is 9.97 Å². The Labute approximate surface area is 154 Å². The SMILES string of the molecule is C.C.CC(C)(O)c1cccc(Br)n1.CC(C)(O)c1cccc(N)n1. The highest BCUT2D eigenvalue weighted by molar-refractivity contribution is 9.10. The Kier molecular flexibility index (Phi) is 10.0. The van der Waals surface area contributed by atoms with Gasteiger partial charge in [-0.05, 0) is 67.9 Å². The molecule has 2 heterocycles. The van der Waals surface area contributed by atoms with Gasteiger partial charge in [0.25, 0.3) is 0 Å². The Morgan fingerprint density at radius 3 is 1.54 bits per heavy atom. The molecule has 0 saturated heterocycles. The van der Waals surface area contributed by atoms with E-state index >= 15 is 0 Å². The second kappa shape index (κ2) is 9.71. The fraction of sp³-hybridized carbons (Fsp3) is 0.444. The molecule has 0 radical (unpaired) electrons. The largest absolute Gasteiger partial charge is 0.384 e. The predicted octanol–water partition coefficient (Wildman–Crippen LogP) is 4.23. The monoisotopic (exact) mass is 399 g/mol. The van der Waals surface area contributed by atoms with Gasteiger partial charge in [-0.25, -0.2) is 9.97 Å². The van der Waals surface area contributed by atoms with Gasteiger partial charge in [0.05, 0.1) is 11.4 Å². The van der Waals surface area contributed by atoms with Crippen LogP contribution in [0.5, 0.6) is 0 Å². The number of aliphatic hydroxyl groups is 2. The van der Waals surface area contributed by atoms with Gasteiger partial charge in [0.15, 0.2) is 0 Å². The molecule has 2 rings (SSSR count). The first-order valence-corrected chi connectivity index (χ1v) is 7.60. The van der Waals surface area contributed by atoms with E-state index in [1.807, 2.05) is 12.1 Å². The normalized spacial score (nSPS) is 10.6. The van der Waals surface area contributed by atoms with Crippen molar-refractivity contribution >= 4 is 21.7 Å². The van der Waals surface area contributed by atoms with Gasteiger partial charge >= 0.3 is 0 Å². The van der Waals surface area contributed by atoms with E-state index < -0.39 is 11.2 Å². The van der Waals surface area contributed by atoms with Crippen LogP contribution in [0.1, 0.15) is 53.9 Å². The van der Waals surface area contributed by atoms with Crippen molar-refractivity contribution in [2.75, 3.05) is 5.73 Å². The van der Waals surface area contributed by atoms with Crippen LogP contribution in [0.3, 0.4) is 0 Å². The average molecular weight is 400 g/mol. The summed E-state index contributed by atoms with van der Waals surface area (Å²) in [5, 5.41) is 19.0. The zero-order valence-electron chi connectivity index (χ0n) is 13.2. The number of pyridine rings is 2. The van der Waals surface area contributed by atoms with E-state index in [4.69, 9.17) is 5.73 Å². The molecule has 0 atom stereocenters. The number of hydrogen-bond acceptors (Lipinski definition) is 5. The van der Waals surface area contributed by atoms with Crippen LogP contribution in [-0.2, 0) is 11.2 Å². The Hall–Kier alpha value is -1.50. The standard InChI is InChI=1S/C8H10BrNO.C8H12N2O.2CH4/c2*1-8(2,11)6-4-3-5-7(9)10-6;;/h3-5,11H,1-2H3;3-5,11H,1-2H3,(H2,9,10);2*1H4. The number of halogens is 1. The number of aromatic nitrogens is 2. The van der Waals surface area contributed by atoms with Gasteiger partial charge in [-0.1, -0.05) is 27.0 Å². The summed E-state index contributed by atoms with van der Waals surface area (Å²) >= 11 is 3.23. The molecule has 136 valence electrons. The zero-order chi connectivity index (χ0) is 17.0. The van der Waals surface area contributed by atoms with E-state index in [1.165, 1.54) is 0 Å². The minimum Gasteiger partial charge on any atom is -0.384 e. The van der Waals surface area contributed by atoms with Crippen molar-refractivity contribution < 1.29 is 10.2 Å². The molecule has 0 aliphatic rings. The molecule has 0 spiro atoms. The number of nitrogen functional groups attached to an aromatic ring is 1. The Bertz CT molecular complexity index is 565. The number of anilines is 1. The molecule has 2 aromatic heterocycles. The van der Waals surface area contributed by atoms with E-state index in [2.05, 4.69) is 25.9 Å². The zero-order valence-corrected chi connectivity index (χ0v) is 14.8. The molecule has 0 bridgehead atoms. The molecule has 0 aliphatic heterocycles. The van der Waals surface area contributed by atoms with Crippen LogP contribution in [0, 0.1) is 0 Å². The molecule has 0 aliphatic carbocycles.